The van der Waals surface area contributed by atoms with Crippen LogP contribution >= 0.6 is 0 Å². The highest BCUT2D eigenvalue weighted by atomic mass is 19.4. The minimum atomic E-state index is -4.82. The molecule has 0 aliphatic carbocycles. The number of rotatable bonds is 6. The number of anilines is 1. The van der Waals surface area contributed by atoms with Gasteiger partial charge in [-0.3, -0.25) is 14.6 Å². The quantitative estimate of drug-likeness (QED) is 0.396. The molecule has 35 heavy (non-hydrogen) atoms. The number of hydrogen-bond acceptors (Lipinski definition) is 4. The van der Waals surface area contributed by atoms with E-state index in [9.17, 15) is 27.2 Å². The topological polar surface area (TPSA) is 74.6 Å². The van der Waals surface area contributed by atoms with Crippen molar-refractivity contribution in [3.63, 3.8) is 0 Å². The maximum atomic E-state index is 13.7. The fourth-order valence-corrected chi connectivity index (χ4v) is 4.29. The summed E-state index contributed by atoms with van der Waals surface area (Å²) < 4.78 is 58.7. The van der Waals surface area contributed by atoms with Gasteiger partial charge in [-0.2, -0.15) is 13.2 Å². The number of benzene rings is 1. The molecule has 0 bridgehead atoms. The Kier molecular flexibility index (Phi) is 8.37. The Morgan fingerprint density at radius 3 is 2.66 bits per heavy atom. The van der Waals surface area contributed by atoms with Gasteiger partial charge in [-0.1, -0.05) is 31.1 Å². The van der Waals surface area contributed by atoms with E-state index in [1.165, 1.54) is 30.1 Å². The molecule has 1 aromatic carbocycles. The normalized spacial score (nSPS) is 19.8. The van der Waals surface area contributed by atoms with Crippen LogP contribution in [0.15, 0.2) is 45.9 Å². The third-order valence-electron chi connectivity index (χ3n) is 5.95. The van der Waals surface area contributed by atoms with Crippen molar-refractivity contribution in [1.82, 2.24) is 10.4 Å². The number of furan rings is 1. The standard InChI is InChI=1S/C25H29F4N3O3/c1-4-7-18-9-6-11-30-32(14-17-8-5-10-19(26)13-17)24(34)21(16(18)3)23(33)31-20-12-15(2)35-22(20)25(27,28)29/h5,8,10,12-13,18,30H,4,6-7,9,11,14H2,1-3H3,(H,31,33)/b21-16-/t18-/m0/s1. The highest BCUT2D eigenvalue weighted by Crippen LogP contribution is 2.37. The molecule has 2 heterocycles. The lowest BCUT2D eigenvalue weighted by Crippen LogP contribution is -2.45. The van der Waals surface area contributed by atoms with Crippen molar-refractivity contribution in [2.24, 2.45) is 5.92 Å². The average Bonchev–Trinajstić information content (AvgIpc) is 3.16. The maximum Gasteiger partial charge on any atom is 0.451 e. The van der Waals surface area contributed by atoms with E-state index in [0.29, 0.717) is 30.5 Å². The van der Waals surface area contributed by atoms with E-state index in [-0.39, 0.29) is 23.8 Å². The number of nitrogens with one attached hydrogen (secondary N) is 2. The molecule has 3 rings (SSSR count). The van der Waals surface area contributed by atoms with Gasteiger partial charge >= 0.3 is 6.18 Å². The molecule has 0 saturated heterocycles. The number of aryl methyl sites for hydroxylation is 1. The summed E-state index contributed by atoms with van der Waals surface area (Å²) in [5, 5.41) is 3.46. The number of carbonyl (C=O) groups excluding carboxylic acids is 2. The molecule has 2 amide bonds. The van der Waals surface area contributed by atoms with Crippen LogP contribution in [0.4, 0.5) is 23.2 Å². The molecule has 0 spiro atoms. The van der Waals surface area contributed by atoms with Crippen molar-refractivity contribution >= 4 is 17.5 Å². The Morgan fingerprint density at radius 2 is 2.00 bits per heavy atom. The predicted molar refractivity (Wildman–Crippen MR) is 122 cm³/mol. The molecule has 10 heteroatoms. The second kappa shape index (κ2) is 11.1. The summed E-state index contributed by atoms with van der Waals surface area (Å²) in [6.07, 6.45) is -1.88. The molecule has 1 atom stereocenters. The lowest BCUT2D eigenvalue weighted by molar-refractivity contribution is -0.152. The van der Waals surface area contributed by atoms with E-state index < -0.39 is 35.3 Å². The van der Waals surface area contributed by atoms with Gasteiger partial charge in [0.1, 0.15) is 17.2 Å². The Hall–Kier alpha value is -3.14. The van der Waals surface area contributed by atoms with Gasteiger partial charge in [0, 0.05) is 12.6 Å². The largest absolute Gasteiger partial charge is 0.455 e. The van der Waals surface area contributed by atoms with E-state index in [1.807, 2.05) is 6.92 Å². The second-order valence-corrected chi connectivity index (χ2v) is 8.67. The van der Waals surface area contributed by atoms with Gasteiger partial charge in [0.25, 0.3) is 11.8 Å². The molecule has 0 saturated carbocycles. The van der Waals surface area contributed by atoms with Crippen LogP contribution in [0.3, 0.4) is 0 Å². The highest BCUT2D eigenvalue weighted by molar-refractivity contribution is 6.23. The van der Waals surface area contributed by atoms with Gasteiger partial charge in [-0.15, -0.1) is 0 Å². The Morgan fingerprint density at radius 1 is 1.26 bits per heavy atom. The van der Waals surface area contributed by atoms with Gasteiger partial charge in [-0.05, 0) is 56.7 Å². The first-order chi connectivity index (χ1) is 16.5. The second-order valence-electron chi connectivity index (χ2n) is 8.67. The number of carbonyl (C=O) groups is 2. The van der Waals surface area contributed by atoms with Crippen LogP contribution in [0, 0.1) is 18.7 Å². The minimum Gasteiger partial charge on any atom is -0.455 e. The summed E-state index contributed by atoms with van der Waals surface area (Å²) in [7, 11) is 0. The zero-order valence-corrected chi connectivity index (χ0v) is 19.9. The molecule has 0 unspecified atom stereocenters. The summed E-state index contributed by atoms with van der Waals surface area (Å²) in [6, 6.07) is 6.78. The number of halogens is 4. The molecule has 2 N–H and O–H groups in total. The van der Waals surface area contributed by atoms with Gasteiger partial charge in [0.2, 0.25) is 5.76 Å². The Labute approximate surface area is 201 Å². The Bertz CT molecular complexity index is 1110. The van der Waals surface area contributed by atoms with Crippen molar-refractivity contribution < 1.29 is 31.6 Å². The molecule has 1 aliphatic rings. The number of hydrazine groups is 1. The summed E-state index contributed by atoms with van der Waals surface area (Å²) in [5.74, 6) is -3.57. The predicted octanol–water partition coefficient (Wildman–Crippen LogP) is 5.74. The zero-order valence-electron chi connectivity index (χ0n) is 19.9. The van der Waals surface area contributed by atoms with Crippen molar-refractivity contribution in [2.45, 2.75) is 59.2 Å². The first-order valence-electron chi connectivity index (χ1n) is 11.5. The van der Waals surface area contributed by atoms with Crippen molar-refractivity contribution in [2.75, 3.05) is 11.9 Å². The third-order valence-corrected chi connectivity index (χ3v) is 5.95. The molecule has 2 aromatic rings. The third kappa shape index (κ3) is 6.50. The van der Waals surface area contributed by atoms with Crippen LogP contribution in [0.1, 0.15) is 56.6 Å². The number of amides is 2. The smallest absolute Gasteiger partial charge is 0.451 e. The summed E-state index contributed by atoms with van der Waals surface area (Å²) in [4.78, 5) is 27.0. The first kappa shape index (κ1) is 26.5. The number of nitrogens with zero attached hydrogens (tertiary/aromatic N) is 1. The van der Waals surface area contributed by atoms with Crippen LogP contribution in [0.5, 0.6) is 0 Å². The van der Waals surface area contributed by atoms with Gasteiger partial charge in [0.15, 0.2) is 0 Å². The number of alkyl halides is 3. The summed E-state index contributed by atoms with van der Waals surface area (Å²) >= 11 is 0. The monoisotopic (exact) mass is 495 g/mol. The van der Waals surface area contributed by atoms with Gasteiger partial charge in [0.05, 0.1) is 12.2 Å². The molecule has 0 radical (unpaired) electrons. The summed E-state index contributed by atoms with van der Waals surface area (Å²) in [5.41, 5.74) is 3.22. The van der Waals surface area contributed by atoms with Crippen LogP contribution < -0.4 is 10.7 Å². The molecule has 1 aliphatic heterocycles. The minimum absolute atomic E-state index is 0.0300. The van der Waals surface area contributed by atoms with Crippen LogP contribution in [-0.2, 0) is 22.3 Å². The Balaban J connectivity index is 2.01. The van der Waals surface area contributed by atoms with Gasteiger partial charge < -0.3 is 9.73 Å². The van der Waals surface area contributed by atoms with E-state index in [2.05, 4.69) is 10.7 Å². The van der Waals surface area contributed by atoms with E-state index in [0.717, 1.165) is 18.9 Å². The van der Waals surface area contributed by atoms with E-state index in [4.69, 9.17) is 4.42 Å². The van der Waals surface area contributed by atoms with Crippen molar-refractivity contribution in [1.29, 1.82) is 0 Å². The molecule has 6 nitrogen and oxygen atoms in total. The lowest BCUT2D eigenvalue weighted by Gasteiger charge is -2.25. The van der Waals surface area contributed by atoms with Crippen LogP contribution in [-0.4, -0.2) is 23.4 Å². The van der Waals surface area contributed by atoms with Gasteiger partial charge in [-0.25, -0.2) is 9.82 Å². The van der Waals surface area contributed by atoms with Crippen molar-refractivity contribution in [3.8, 4) is 0 Å². The SMILES string of the molecule is CCC[C@H]1CCCNN(Cc2cccc(F)c2)C(=O)/C(C(=O)Nc2cc(C)oc2C(F)(F)F)=C\1C. The molecule has 1 aromatic heterocycles. The molecular formula is C25H29F4N3O3. The fourth-order valence-electron chi connectivity index (χ4n) is 4.29. The molecule has 0 fully saturated rings. The van der Waals surface area contributed by atoms with E-state index >= 15 is 0 Å². The lowest BCUT2D eigenvalue weighted by atomic mass is 9.87. The first-order valence-corrected chi connectivity index (χ1v) is 11.5. The molecule has 190 valence electrons. The number of allylic oxidation sites excluding steroid dienone is 1. The zero-order chi connectivity index (χ0) is 25.8. The average molecular weight is 496 g/mol. The maximum absolute atomic E-state index is 13.7. The summed E-state index contributed by atoms with van der Waals surface area (Å²) in [6.45, 7) is 5.41. The van der Waals surface area contributed by atoms with Crippen LogP contribution in [0.2, 0.25) is 0 Å². The fraction of sp³-hybridized carbons (Fsp3) is 0.440. The highest BCUT2D eigenvalue weighted by Gasteiger charge is 2.39. The van der Waals surface area contributed by atoms with E-state index in [1.54, 1.807) is 13.0 Å². The number of hydrogen-bond donors (Lipinski definition) is 2. The van der Waals surface area contributed by atoms with Crippen molar-refractivity contribution in [3.05, 3.63) is 64.4 Å². The molecular weight excluding hydrogens is 466 g/mol. The van der Waals surface area contributed by atoms with Crippen LogP contribution in [0.25, 0.3) is 0 Å².